The Labute approximate surface area is 112 Å². The van der Waals surface area contributed by atoms with Crippen LogP contribution in [0.15, 0.2) is 29.4 Å². The second kappa shape index (κ2) is 6.72. The van der Waals surface area contributed by atoms with Gasteiger partial charge >= 0.3 is 0 Å². The van der Waals surface area contributed by atoms with Crippen LogP contribution in [-0.4, -0.2) is 33.6 Å². The summed E-state index contributed by atoms with van der Waals surface area (Å²) >= 11 is 0. The van der Waals surface area contributed by atoms with Crippen molar-refractivity contribution < 1.29 is 0 Å². The fourth-order valence-corrected chi connectivity index (χ4v) is 1.78. The normalized spacial score (nSPS) is 11.9. The van der Waals surface area contributed by atoms with Crippen LogP contribution in [0, 0.1) is 0 Å². The predicted molar refractivity (Wildman–Crippen MR) is 76.1 cm³/mol. The van der Waals surface area contributed by atoms with Crippen molar-refractivity contribution in [3.8, 4) is 0 Å². The van der Waals surface area contributed by atoms with Crippen LogP contribution in [0.5, 0.6) is 0 Å². The number of nitrogens with zero attached hydrogens (tertiary/aromatic N) is 4. The van der Waals surface area contributed by atoms with Crippen LogP contribution in [0.3, 0.4) is 0 Å². The predicted octanol–water partition coefficient (Wildman–Crippen LogP) is 0.976. The molecule has 3 N–H and O–H groups in total. The molecule has 0 fully saturated rings. The van der Waals surface area contributed by atoms with E-state index in [9.17, 15) is 0 Å². The number of pyridine rings is 1. The zero-order valence-electron chi connectivity index (χ0n) is 11.2. The van der Waals surface area contributed by atoms with E-state index in [1.807, 2.05) is 28.8 Å². The van der Waals surface area contributed by atoms with Crippen molar-refractivity contribution in [2.75, 3.05) is 13.1 Å². The molecular weight excluding hydrogens is 240 g/mol. The molecule has 19 heavy (non-hydrogen) atoms. The van der Waals surface area contributed by atoms with E-state index in [1.165, 1.54) is 0 Å². The van der Waals surface area contributed by atoms with Crippen molar-refractivity contribution >= 4 is 11.6 Å². The van der Waals surface area contributed by atoms with Crippen molar-refractivity contribution in [2.45, 2.75) is 26.2 Å². The van der Waals surface area contributed by atoms with Gasteiger partial charge in [0.2, 0.25) is 0 Å². The molecule has 6 nitrogen and oxygen atoms in total. The van der Waals surface area contributed by atoms with E-state index in [0.29, 0.717) is 12.5 Å². The van der Waals surface area contributed by atoms with Crippen LogP contribution in [0.2, 0.25) is 0 Å². The van der Waals surface area contributed by atoms with Gasteiger partial charge in [0.1, 0.15) is 5.82 Å². The Morgan fingerprint density at radius 2 is 2.32 bits per heavy atom. The van der Waals surface area contributed by atoms with E-state index in [0.717, 1.165) is 37.3 Å². The van der Waals surface area contributed by atoms with E-state index in [1.54, 1.807) is 0 Å². The van der Waals surface area contributed by atoms with Crippen LogP contribution in [-0.2, 0) is 6.42 Å². The van der Waals surface area contributed by atoms with Gasteiger partial charge in [-0.1, -0.05) is 19.4 Å². The van der Waals surface area contributed by atoms with Crippen molar-refractivity contribution in [1.82, 2.24) is 19.9 Å². The van der Waals surface area contributed by atoms with Gasteiger partial charge in [0.15, 0.2) is 11.6 Å². The Kier molecular flexibility index (Phi) is 4.72. The maximum Gasteiger partial charge on any atom is 0.188 e. The number of nitrogens with one attached hydrogen (secondary N) is 1. The molecule has 0 saturated heterocycles. The van der Waals surface area contributed by atoms with Crippen LogP contribution >= 0.6 is 0 Å². The average Bonchev–Trinajstić information content (AvgIpc) is 2.83. The number of hydrogen-bond acceptors (Lipinski definition) is 3. The zero-order chi connectivity index (χ0) is 13.5. The lowest BCUT2D eigenvalue weighted by Gasteiger charge is -2.04. The number of aromatic nitrogens is 3. The Bertz CT molecular complexity index is 545. The van der Waals surface area contributed by atoms with E-state index in [-0.39, 0.29) is 0 Å². The summed E-state index contributed by atoms with van der Waals surface area (Å²) in [7, 11) is 0. The van der Waals surface area contributed by atoms with E-state index < -0.39 is 0 Å². The first-order valence-corrected chi connectivity index (χ1v) is 6.63. The third-order valence-corrected chi connectivity index (χ3v) is 2.83. The Hall–Kier alpha value is -2.11. The average molecular weight is 260 g/mol. The molecule has 0 aliphatic heterocycles. The van der Waals surface area contributed by atoms with Crippen LogP contribution in [0.1, 0.15) is 25.6 Å². The molecule has 0 bridgehead atoms. The molecular formula is C13H20N6. The molecule has 2 aromatic heterocycles. The minimum Gasteiger partial charge on any atom is -0.370 e. The number of fused-ring (bicyclic) bond motifs is 1. The second-order valence-corrected chi connectivity index (χ2v) is 4.34. The van der Waals surface area contributed by atoms with Crippen LogP contribution in [0.4, 0.5) is 0 Å². The van der Waals surface area contributed by atoms with Gasteiger partial charge in [-0.15, -0.1) is 10.2 Å². The smallest absolute Gasteiger partial charge is 0.188 e. The van der Waals surface area contributed by atoms with Gasteiger partial charge in [-0.3, -0.25) is 9.39 Å². The fraction of sp³-hybridized carbons (Fsp3) is 0.462. The minimum absolute atomic E-state index is 0.502. The third-order valence-electron chi connectivity index (χ3n) is 2.83. The number of unbranched alkanes of at least 4 members (excludes halogenated alkanes) is 1. The van der Waals surface area contributed by atoms with Crippen LogP contribution in [0.25, 0.3) is 5.65 Å². The molecule has 2 aromatic rings. The highest BCUT2D eigenvalue weighted by Gasteiger charge is 2.03. The van der Waals surface area contributed by atoms with Gasteiger partial charge in [-0.05, 0) is 18.6 Å². The highest BCUT2D eigenvalue weighted by molar-refractivity contribution is 5.77. The third kappa shape index (κ3) is 3.67. The van der Waals surface area contributed by atoms with Crippen LogP contribution < -0.4 is 11.1 Å². The molecule has 0 saturated carbocycles. The van der Waals surface area contributed by atoms with E-state index in [4.69, 9.17) is 5.73 Å². The summed E-state index contributed by atoms with van der Waals surface area (Å²) in [6, 6.07) is 5.85. The lowest BCUT2D eigenvalue weighted by molar-refractivity contribution is 0.772. The number of nitrogens with two attached hydrogens (primary N) is 1. The molecule has 0 amide bonds. The molecule has 0 aliphatic carbocycles. The molecule has 0 unspecified atom stereocenters. The molecule has 0 aliphatic rings. The molecule has 0 atom stereocenters. The van der Waals surface area contributed by atoms with Gasteiger partial charge in [-0.25, -0.2) is 0 Å². The number of guanidine groups is 1. The van der Waals surface area contributed by atoms with Crippen molar-refractivity contribution in [3.05, 3.63) is 30.2 Å². The Morgan fingerprint density at radius 1 is 1.42 bits per heavy atom. The topological polar surface area (TPSA) is 80.6 Å². The summed E-state index contributed by atoms with van der Waals surface area (Å²) in [6.07, 6.45) is 4.91. The van der Waals surface area contributed by atoms with Gasteiger partial charge < -0.3 is 11.1 Å². The molecule has 102 valence electrons. The largest absolute Gasteiger partial charge is 0.370 e. The standard InChI is InChI=1S/C13H20N6/c1-2-3-8-15-13(14)16-9-7-12-18-17-11-6-4-5-10-19(11)12/h4-6,10H,2-3,7-9H2,1H3,(H3,14,15,16). The highest BCUT2D eigenvalue weighted by atomic mass is 15.2. The molecule has 0 aromatic carbocycles. The maximum absolute atomic E-state index is 5.76. The number of hydrogen-bond donors (Lipinski definition) is 2. The first-order chi connectivity index (χ1) is 9.31. The summed E-state index contributed by atoms with van der Waals surface area (Å²) in [5, 5.41) is 11.4. The first-order valence-electron chi connectivity index (χ1n) is 6.63. The second-order valence-electron chi connectivity index (χ2n) is 4.34. The van der Waals surface area contributed by atoms with E-state index in [2.05, 4.69) is 27.4 Å². The Morgan fingerprint density at radius 3 is 3.16 bits per heavy atom. The maximum atomic E-state index is 5.76. The van der Waals surface area contributed by atoms with Gasteiger partial charge in [-0.2, -0.15) is 0 Å². The molecule has 2 rings (SSSR count). The minimum atomic E-state index is 0.502. The lowest BCUT2D eigenvalue weighted by Crippen LogP contribution is -2.33. The summed E-state index contributed by atoms with van der Waals surface area (Å²) in [5.41, 5.74) is 6.63. The molecule has 6 heteroatoms. The van der Waals surface area contributed by atoms with Gasteiger partial charge in [0.05, 0.1) is 0 Å². The van der Waals surface area contributed by atoms with E-state index >= 15 is 0 Å². The Balaban J connectivity index is 1.84. The molecule has 0 spiro atoms. The molecule has 0 radical (unpaired) electrons. The quantitative estimate of drug-likeness (QED) is 0.461. The number of rotatable bonds is 6. The summed E-state index contributed by atoms with van der Waals surface area (Å²) < 4.78 is 1.98. The number of aliphatic imine (C=N–C) groups is 1. The summed E-state index contributed by atoms with van der Waals surface area (Å²) in [6.45, 7) is 3.62. The zero-order valence-corrected chi connectivity index (χ0v) is 11.2. The first kappa shape index (κ1) is 13.3. The van der Waals surface area contributed by atoms with Crippen molar-refractivity contribution in [3.63, 3.8) is 0 Å². The highest BCUT2D eigenvalue weighted by Crippen LogP contribution is 2.02. The summed E-state index contributed by atoms with van der Waals surface area (Å²) in [5.74, 6) is 1.42. The monoisotopic (exact) mass is 260 g/mol. The fourth-order valence-electron chi connectivity index (χ4n) is 1.78. The summed E-state index contributed by atoms with van der Waals surface area (Å²) in [4.78, 5) is 4.24. The van der Waals surface area contributed by atoms with Gasteiger partial charge in [0.25, 0.3) is 0 Å². The SMILES string of the molecule is CCCCN=C(N)NCCc1nnc2ccccn12. The van der Waals surface area contributed by atoms with Gasteiger partial charge in [0, 0.05) is 25.7 Å². The van der Waals surface area contributed by atoms with Crippen molar-refractivity contribution in [2.24, 2.45) is 10.7 Å². The lowest BCUT2D eigenvalue weighted by atomic mass is 10.3. The van der Waals surface area contributed by atoms with Crippen molar-refractivity contribution in [1.29, 1.82) is 0 Å². The molecule has 2 heterocycles.